The normalized spacial score (nSPS) is 27.9. The Hall–Kier alpha value is -2.25. The number of piperidine rings is 1. The fourth-order valence-electron chi connectivity index (χ4n) is 5.84. The second-order valence-electron chi connectivity index (χ2n) is 11.4. The molecule has 256 valence electrons. The van der Waals surface area contributed by atoms with Gasteiger partial charge in [-0.05, 0) is 31.6 Å². The Morgan fingerprint density at radius 3 is 2.59 bits per heavy atom. The minimum Gasteiger partial charge on any atom is -0.493 e. The van der Waals surface area contributed by atoms with Gasteiger partial charge in [0.05, 0.1) is 42.9 Å². The van der Waals surface area contributed by atoms with Crippen molar-refractivity contribution in [2.24, 2.45) is 5.92 Å². The van der Waals surface area contributed by atoms with Gasteiger partial charge in [-0.2, -0.15) is 0 Å². The summed E-state index contributed by atoms with van der Waals surface area (Å²) in [5, 5.41) is 58.8. The molecule has 0 spiro atoms. The fourth-order valence-corrected chi connectivity index (χ4v) is 8.78. The van der Waals surface area contributed by atoms with Crippen LogP contribution in [0, 0.1) is 16.0 Å². The van der Waals surface area contributed by atoms with Gasteiger partial charge in [0.1, 0.15) is 29.9 Å². The molecular formula is C29H43N5O9S3. The Morgan fingerprint density at radius 2 is 1.93 bits per heavy atom. The second kappa shape index (κ2) is 16.7. The molecule has 1 aromatic carbocycles. The number of hydrogen-bond acceptors (Lipinski definition) is 15. The largest absolute Gasteiger partial charge is 0.493 e. The maximum atomic E-state index is 13.7. The van der Waals surface area contributed by atoms with Crippen LogP contribution in [-0.2, 0) is 9.53 Å². The Labute approximate surface area is 280 Å². The lowest BCUT2D eigenvalue weighted by atomic mass is 9.87. The van der Waals surface area contributed by atoms with E-state index in [4.69, 9.17) is 14.2 Å². The highest BCUT2D eigenvalue weighted by molar-refractivity contribution is 8.01. The first-order valence-electron chi connectivity index (χ1n) is 15.2. The number of nitrogens with zero attached hydrogens (tertiary/aromatic N) is 3. The number of carbonyl (C=O) groups is 1. The van der Waals surface area contributed by atoms with E-state index in [2.05, 4.69) is 27.8 Å². The van der Waals surface area contributed by atoms with Gasteiger partial charge in [0, 0.05) is 11.3 Å². The van der Waals surface area contributed by atoms with Crippen molar-refractivity contribution in [3.63, 3.8) is 0 Å². The van der Waals surface area contributed by atoms with Gasteiger partial charge < -0.3 is 40.2 Å². The lowest BCUT2D eigenvalue weighted by Crippen LogP contribution is -2.65. The van der Waals surface area contributed by atoms with Crippen LogP contribution >= 0.6 is 34.9 Å². The van der Waals surface area contributed by atoms with Crippen LogP contribution in [0.3, 0.4) is 0 Å². The van der Waals surface area contributed by atoms with Crippen molar-refractivity contribution in [2.45, 2.75) is 97.5 Å². The molecular weight excluding hydrogens is 659 g/mol. The van der Waals surface area contributed by atoms with Crippen LogP contribution in [0.15, 0.2) is 16.5 Å². The summed E-state index contributed by atoms with van der Waals surface area (Å²) in [6.45, 7) is 4.70. The molecule has 2 fully saturated rings. The van der Waals surface area contributed by atoms with E-state index in [0.29, 0.717) is 22.4 Å². The molecule has 14 nitrogen and oxygen atoms in total. The molecule has 46 heavy (non-hydrogen) atoms. The molecule has 0 radical (unpaired) electrons. The number of ether oxygens (including phenoxy) is 3. The van der Waals surface area contributed by atoms with E-state index in [1.54, 1.807) is 6.26 Å². The lowest BCUT2D eigenvalue weighted by Gasteiger charge is -2.44. The quantitative estimate of drug-likeness (QED) is 0.109. The summed E-state index contributed by atoms with van der Waals surface area (Å²) >= 11 is 3.56. The van der Waals surface area contributed by atoms with Gasteiger partial charge >= 0.3 is 0 Å². The molecule has 9 atom stereocenters. The van der Waals surface area contributed by atoms with Gasteiger partial charge in [0.25, 0.3) is 5.69 Å². The minimum absolute atomic E-state index is 0.204. The first kappa shape index (κ1) is 36.6. The third-order valence-corrected chi connectivity index (χ3v) is 11.5. The van der Waals surface area contributed by atoms with Crippen LogP contribution in [0.5, 0.6) is 11.5 Å². The number of aliphatic hydroxyl groups is 3. The molecule has 17 heteroatoms. The number of rotatable bonds is 14. The number of unbranched alkanes of at least 4 members (excludes halogenated alkanes) is 1. The first-order chi connectivity index (χ1) is 22.0. The maximum Gasteiger partial charge on any atom is 0.283 e. The number of methoxy groups -OCH3 is 2. The van der Waals surface area contributed by atoms with E-state index >= 15 is 0 Å². The predicted molar refractivity (Wildman–Crippen MR) is 177 cm³/mol. The number of thioether (sulfide) groups is 2. The molecule has 0 saturated carbocycles. The number of nitrogens with one attached hydrogen (secondary N) is 2. The number of nitro groups is 1. The summed E-state index contributed by atoms with van der Waals surface area (Å²) in [4.78, 5) is 25.0. The summed E-state index contributed by atoms with van der Waals surface area (Å²) in [6.07, 6.45) is 1.31. The number of benzene rings is 1. The van der Waals surface area contributed by atoms with E-state index in [9.17, 15) is 30.2 Å². The highest BCUT2D eigenvalue weighted by atomic mass is 32.2. The van der Waals surface area contributed by atoms with Gasteiger partial charge in [-0.25, -0.2) is 0 Å². The summed E-state index contributed by atoms with van der Waals surface area (Å²) in [7, 11) is 2.82. The lowest BCUT2D eigenvalue weighted by molar-refractivity contribution is -0.384. The molecule has 2 saturated heterocycles. The minimum atomic E-state index is -1.49. The van der Waals surface area contributed by atoms with Gasteiger partial charge in [-0.3, -0.25) is 14.9 Å². The first-order valence-corrected chi connectivity index (χ1v) is 18.2. The van der Waals surface area contributed by atoms with Crippen molar-refractivity contribution in [1.82, 2.24) is 20.8 Å². The molecule has 0 bridgehead atoms. The highest BCUT2D eigenvalue weighted by Crippen LogP contribution is 2.43. The summed E-state index contributed by atoms with van der Waals surface area (Å²) in [5.41, 5.74) is -0.850. The van der Waals surface area contributed by atoms with Gasteiger partial charge in [-0.1, -0.05) is 56.2 Å². The molecule has 2 aromatic rings. The van der Waals surface area contributed by atoms with Gasteiger partial charge in [0.2, 0.25) is 5.91 Å². The molecule has 4 rings (SSSR count). The van der Waals surface area contributed by atoms with E-state index in [-0.39, 0.29) is 27.9 Å². The average molecular weight is 702 g/mol. The SMILES string of the molecule is CCCC[C@@H]1CCN[C@H](C(=O)N[C@@H]([C@H]2O[C@H](SC)[C@H](O)[C@@H](O)[C@H]2O)[C@H](C)Sc2nnc(-c3cc(OC)c(OC)cc3[N+](=O)[O-])s2)C1. The summed E-state index contributed by atoms with van der Waals surface area (Å²) < 4.78 is 17.1. The van der Waals surface area contributed by atoms with Crippen molar-refractivity contribution < 1.29 is 39.2 Å². The average Bonchev–Trinajstić information content (AvgIpc) is 3.52. The van der Waals surface area contributed by atoms with Gasteiger partial charge in [-0.15, -0.1) is 22.0 Å². The zero-order chi connectivity index (χ0) is 33.5. The topological polar surface area (TPSA) is 198 Å². The standard InChI is InChI=1S/C29H43N5O9S3/c1-6-7-8-15-9-10-30-17(11-15)26(38)31-21(25-23(36)22(35)24(37)28(43-25)44-5)14(2)45-29-33-32-27(46-29)16-12-19(41-3)20(42-4)13-18(16)34(39)40/h12-15,17,21-25,28,30,35-37H,6-11H2,1-5H3,(H,31,38)/t14-,15+,17-,21+,22-,23+,24+,25+,28+/m0/s1. The number of carbonyl (C=O) groups excluding carboxylic acids is 1. The number of hydrogen-bond donors (Lipinski definition) is 5. The predicted octanol–water partition coefficient (Wildman–Crippen LogP) is 2.82. The van der Waals surface area contributed by atoms with Crippen molar-refractivity contribution in [1.29, 1.82) is 0 Å². The fraction of sp³-hybridized carbons (Fsp3) is 0.690. The van der Waals surface area contributed by atoms with Crippen molar-refractivity contribution in [3.8, 4) is 22.1 Å². The smallest absolute Gasteiger partial charge is 0.283 e. The number of aliphatic hydroxyl groups excluding tert-OH is 3. The van der Waals surface area contributed by atoms with E-state index in [1.165, 1.54) is 49.9 Å². The number of nitro benzene ring substituents is 1. The Balaban J connectivity index is 1.60. The zero-order valence-corrected chi connectivity index (χ0v) is 28.9. The molecule has 2 aliphatic rings. The molecule has 5 N–H and O–H groups in total. The Morgan fingerprint density at radius 1 is 1.22 bits per heavy atom. The monoisotopic (exact) mass is 701 g/mol. The Bertz CT molecular complexity index is 1340. The maximum absolute atomic E-state index is 13.7. The van der Waals surface area contributed by atoms with E-state index < -0.39 is 52.1 Å². The molecule has 0 aliphatic carbocycles. The number of aromatic nitrogens is 2. The summed E-state index contributed by atoms with van der Waals surface area (Å²) in [6, 6.07) is 1.50. The van der Waals surface area contributed by atoms with Crippen LogP contribution in [0.4, 0.5) is 5.69 Å². The third kappa shape index (κ3) is 8.42. The molecule has 0 unspecified atom stereocenters. The van der Waals surface area contributed by atoms with E-state index in [0.717, 1.165) is 43.6 Å². The van der Waals surface area contributed by atoms with Crippen LogP contribution in [0.2, 0.25) is 0 Å². The van der Waals surface area contributed by atoms with Crippen molar-refractivity contribution in [2.75, 3.05) is 27.0 Å². The molecule has 1 amide bonds. The molecule has 1 aromatic heterocycles. The number of amides is 1. The summed E-state index contributed by atoms with van der Waals surface area (Å²) in [5.74, 6) is 0.686. The van der Waals surface area contributed by atoms with Crippen molar-refractivity contribution >= 4 is 46.5 Å². The van der Waals surface area contributed by atoms with Crippen LogP contribution < -0.4 is 20.1 Å². The third-order valence-electron chi connectivity index (χ3n) is 8.42. The van der Waals surface area contributed by atoms with Crippen LogP contribution in [-0.4, -0.2) is 111 Å². The second-order valence-corrected chi connectivity index (χ2v) is 15.0. The molecule has 2 aliphatic heterocycles. The van der Waals surface area contributed by atoms with E-state index in [1.807, 2.05) is 6.92 Å². The Kier molecular flexibility index (Phi) is 13.3. The van der Waals surface area contributed by atoms with Crippen LogP contribution in [0.1, 0.15) is 46.0 Å². The molecule has 3 heterocycles. The van der Waals surface area contributed by atoms with Gasteiger partial charge in [0.15, 0.2) is 20.8 Å². The zero-order valence-electron chi connectivity index (χ0n) is 26.5. The highest BCUT2D eigenvalue weighted by Gasteiger charge is 2.48. The van der Waals surface area contributed by atoms with Crippen LogP contribution in [0.25, 0.3) is 10.6 Å². The van der Waals surface area contributed by atoms with Crippen molar-refractivity contribution in [3.05, 3.63) is 22.2 Å².